The zero-order chi connectivity index (χ0) is 13.8. The van der Waals surface area contributed by atoms with Crippen LogP contribution in [-0.2, 0) is 0 Å². The molecule has 2 amide bonds. The van der Waals surface area contributed by atoms with Gasteiger partial charge in [0.15, 0.2) is 0 Å². The molecule has 5 heteroatoms. The maximum Gasteiger partial charge on any atom is 0.323 e. The van der Waals surface area contributed by atoms with Gasteiger partial charge in [0, 0.05) is 5.69 Å². The Hall–Kier alpha value is -2.07. The number of aryl methyl sites for hydroxylation is 1. The Morgan fingerprint density at radius 2 is 1.79 bits per heavy atom. The Kier molecular flexibility index (Phi) is 4.02. The molecule has 0 saturated carbocycles. The van der Waals surface area contributed by atoms with E-state index in [9.17, 15) is 9.18 Å². The largest absolute Gasteiger partial charge is 0.323 e. The summed E-state index contributed by atoms with van der Waals surface area (Å²) in [6.07, 6.45) is 0. The van der Waals surface area contributed by atoms with Crippen molar-refractivity contribution in [3.63, 3.8) is 0 Å². The standard InChI is InChI=1S/C14H12ClFN2O/c1-9-8-10(16)6-7-12(9)17-14(19)18-13-5-3-2-4-11(13)15/h2-8H,1H3,(H2,17,18,19). The molecular weight excluding hydrogens is 267 g/mol. The van der Waals surface area contributed by atoms with E-state index in [2.05, 4.69) is 10.6 Å². The van der Waals surface area contributed by atoms with Crippen molar-refractivity contribution in [1.82, 2.24) is 0 Å². The van der Waals surface area contributed by atoms with Gasteiger partial charge in [0.1, 0.15) is 5.82 Å². The lowest BCUT2D eigenvalue weighted by Gasteiger charge is -2.10. The van der Waals surface area contributed by atoms with Crippen LogP contribution >= 0.6 is 11.6 Å². The van der Waals surface area contributed by atoms with Crippen LogP contribution in [0.5, 0.6) is 0 Å². The van der Waals surface area contributed by atoms with Gasteiger partial charge in [0.05, 0.1) is 10.7 Å². The van der Waals surface area contributed by atoms with E-state index < -0.39 is 6.03 Å². The molecular formula is C14H12ClFN2O. The monoisotopic (exact) mass is 278 g/mol. The van der Waals surface area contributed by atoms with Crippen LogP contribution in [0, 0.1) is 12.7 Å². The fraction of sp³-hybridized carbons (Fsp3) is 0.0714. The molecule has 0 spiro atoms. The number of hydrogen-bond donors (Lipinski definition) is 2. The van der Waals surface area contributed by atoms with Crippen molar-refractivity contribution in [3.8, 4) is 0 Å². The molecule has 98 valence electrons. The van der Waals surface area contributed by atoms with Gasteiger partial charge >= 0.3 is 6.03 Å². The topological polar surface area (TPSA) is 41.1 Å². The van der Waals surface area contributed by atoms with Gasteiger partial charge in [-0.2, -0.15) is 0 Å². The molecule has 3 nitrogen and oxygen atoms in total. The first-order chi connectivity index (χ1) is 9.06. The minimum atomic E-state index is -0.428. The number of carbonyl (C=O) groups excluding carboxylic acids is 1. The van der Waals surface area contributed by atoms with Crippen molar-refractivity contribution in [2.75, 3.05) is 10.6 Å². The van der Waals surface area contributed by atoms with Crippen molar-refractivity contribution in [2.45, 2.75) is 6.92 Å². The van der Waals surface area contributed by atoms with E-state index >= 15 is 0 Å². The Morgan fingerprint density at radius 1 is 1.11 bits per heavy atom. The van der Waals surface area contributed by atoms with Gasteiger partial charge in [-0.25, -0.2) is 9.18 Å². The fourth-order valence-corrected chi connectivity index (χ4v) is 1.79. The van der Waals surface area contributed by atoms with E-state index in [0.717, 1.165) is 0 Å². The number of hydrogen-bond acceptors (Lipinski definition) is 1. The van der Waals surface area contributed by atoms with Gasteiger partial charge in [-0.1, -0.05) is 23.7 Å². The summed E-state index contributed by atoms with van der Waals surface area (Å²) in [6.45, 7) is 1.72. The predicted octanol–water partition coefficient (Wildman–Crippen LogP) is 4.43. The van der Waals surface area contributed by atoms with Crippen LogP contribution in [0.4, 0.5) is 20.6 Å². The summed E-state index contributed by atoms with van der Waals surface area (Å²) in [7, 11) is 0. The summed E-state index contributed by atoms with van der Waals surface area (Å²) < 4.78 is 12.9. The van der Waals surface area contributed by atoms with Crippen LogP contribution in [0.3, 0.4) is 0 Å². The summed E-state index contributed by atoms with van der Waals surface area (Å²) in [6, 6.07) is 10.6. The number of halogens is 2. The summed E-state index contributed by atoms with van der Waals surface area (Å²) in [5.74, 6) is -0.338. The van der Waals surface area contributed by atoms with Gasteiger partial charge in [-0.05, 0) is 42.8 Å². The van der Waals surface area contributed by atoms with Crippen molar-refractivity contribution < 1.29 is 9.18 Å². The number of carbonyl (C=O) groups is 1. The Morgan fingerprint density at radius 3 is 2.47 bits per heavy atom. The SMILES string of the molecule is Cc1cc(F)ccc1NC(=O)Nc1ccccc1Cl. The molecule has 0 fully saturated rings. The molecule has 0 bridgehead atoms. The molecule has 2 aromatic rings. The highest BCUT2D eigenvalue weighted by atomic mass is 35.5. The van der Waals surface area contributed by atoms with Gasteiger partial charge < -0.3 is 10.6 Å². The van der Waals surface area contributed by atoms with Crippen LogP contribution in [-0.4, -0.2) is 6.03 Å². The summed E-state index contributed by atoms with van der Waals surface area (Å²) in [5.41, 5.74) is 1.71. The van der Waals surface area contributed by atoms with Crippen molar-refractivity contribution in [2.24, 2.45) is 0 Å². The van der Waals surface area contributed by atoms with Gasteiger partial charge in [0.25, 0.3) is 0 Å². The second-order valence-corrected chi connectivity index (χ2v) is 4.43. The molecule has 2 N–H and O–H groups in total. The highest BCUT2D eigenvalue weighted by molar-refractivity contribution is 6.33. The zero-order valence-electron chi connectivity index (χ0n) is 10.2. The summed E-state index contributed by atoms with van der Waals surface area (Å²) >= 11 is 5.93. The minimum Gasteiger partial charge on any atom is -0.307 e. The first-order valence-electron chi connectivity index (χ1n) is 5.65. The normalized spacial score (nSPS) is 10.1. The van der Waals surface area contributed by atoms with Gasteiger partial charge in [-0.15, -0.1) is 0 Å². The average Bonchev–Trinajstić information content (AvgIpc) is 2.36. The van der Waals surface area contributed by atoms with Crippen molar-refractivity contribution in [3.05, 3.63) is 58.9 Å². The number of benzene rings is 2. The van der Waals surface area contributed by atoms with E-state index in [-0.39, 0.29) is 5.82 Å². The molecule has 0 heterocycles. The highest BCUT2D eigenvalue weighted by Gasteiger charge is 2.07. The Bertz CT molecular complexity index is 616. The smallest absolute Gasteiger partial charge is 0.307 e. The average molecular weight is 279 g/mol. The van der Waals surface area contributed by atoms with Crippen LogP contribution in [0.15, 0.2) is 42.5 Å². The predicted molar refractivity (Wildman–Crippen MR) is 75.2 cm³/mol. The third-order valence-electron chi connectivity index (χ3n) is 2.56. The summed E-state index contributed by atoms with van der Waals surface area (Å²) in [4.78, 5) is 11.8. The number of nitrogens with one attached hydrogen (secondary N) is 2. The van der Waals surface area contributed by atoms with E-state index in [1.165, 1.54) is 18.2 Å². The third kappa shape index (κ3) is 3.45. The van der Waals surface area contributed by atoms with Gasteiger partial charge in [-0.3, -0.25) is 0 Å². The first kappa shape index (κ1) is 13.4. The molecule has 0 aliphatic carbocycles. The molecule has 2 rings (SSSR count). The second kappa shape index (κ2) is 5.71. The Labute approximate surface area is 115 Å². The molecule has 0 radical (unpaired) electrons. The molecule has 0 atom stereocenters. The minimum absolute atomic E-state index is 0.338. The fourth-order valence-electron chi connectivity index (χ4n) is 1.61. The van der Waals surface area contributed by atoms with Crippen LogP contribution in [0.2, 0.25) is 5.02 Å². The molecule has 0 aliphatic rings. The number of rotatable bonds is 2. The lowest BCUT2D eigenvalue weighted by Crippen LogP contribution is -2.20. The molecule has 19 heavy (non-hydrogen) atoms. The van der Waals surface area contributed by atoms with Crippen LogP contribution in [0.1, 0.15) is 5.56 Å². The number of urea groups is 1. The number of anilines is 2. The first-order valence-corrected chi connectivity index (χ1v) is 6.03. The van der Waals surface area contributed by atoms with Gasteiger partial charge in [0.2, 0.25) is 0 Å². The third-order valence-corrected chi connectivity index (χ3v) is 2.89. The molecule has 0 aromatic heterocycles. The van der Waals surface area contributed by atoms with Crippen LogP contribution < -0.4 is 10.6 Å². The number of amides is 2. The maximum atomic E-state index is 12.9. The molecule has 0 unspecified atom stereocenters. The zero-order valence-corrected chi connectivity index (χ0v) is 11.0. The van der Waals surface area contributed by atoms with E-state index in [1.54, 1.807) is 31.2 Å². The molecule has 2 aromatic carbocycles. The van der Waals surface area contributed by atoms with Crippen molar-refractivity contribution >= 4 is 29.0 Å². The van der Waals surface area contributed by atoms with E-state index in [4.69, 9.17) is 11.6 Å². The lowest BCUT2D eigenvalue weighted by atomic mass is 10.2. The van der Waals surface area contributed by atoms with Crippen LogP contribution in [0.25, 0.3) is 0 Å². The second-order valence-electron chi connectivity index (χ2n) is 4.02. The quantitative estimate of drug-likeness (QED) is 0.838. The maximum absolute atomic E-state index is 12.9. The molecule has 0 aliphatic heterocycles. The molecule has 0 saturated heterocycles. The highest BCUT2D eigenvalue weighted by Crippen LogP contribution is 2.21. The summed E-state index contributed by atoms with van der Waals surface area (Å²) in [5, 5.41) is 5.71. The number of para-hydroxylation sites is 1. The van der Waals surface area contributed by atoms with E-state index in [0.29, 0.717) is 22.0 Å². The Balaban J connectivity index is 2.08. The van der Waals surface area contributed by atoms with E-state index in [1.807, 2.05) is 0 Å². The van der Waals surface area contributed by atoms with Crippen molar-refractivity contribution in [1.29, 1.82) is 0 Å². The lowest BCUT2D eigenvalue weighted by molar-refractivity contribution is 0.262.